The highest BCUT2D eigenvalue weighted by Crippen LogP contribution is 2.16. The highest BCUT2D eigenvalue weighted by molar-refractivity contribution is 5.23. The standard InChI is InChI=1S/C10H14FNO/c1-7-2-4-8(5-3-7)10(13)9(12)6-11/h2-5,9-10,13H,6,12H2,1H3. The van der Waals surface area contributed by atoms with Crippen molar-refractivity contribution in [2.45, 2.75) is 19.1 Å². The van der Waals surface area contributed by atoms with Gasteiger partial charge >= 0.3 is 0 Å². The minimum absolute atomic E-state index is 0.663. The number of rotatable bonds is 3. The molecule has 0 aromatic heterocycles. The number of alkyl halides is 1. The van der Waals surface area contributed by atoms with Gasteiger partial charge in [-0.15, -0.1) is 0 Å². The summed E-state index contributed by atoms with van der Waals surface area (Å²) in [5.74, 6) is 0. The Kier molecular flexibility index (Phi) is 3.39. The lowest BCUT2D eigenvalue weighted by Gasteiger charge is -2.15. The lowest BCUT2D eigenvalue weighted by molar-refractivity contribution is 0.132. The summed E-state index contributed by atoms with van der Waals surface area (Å²) in [4.78, 5) is 0. The molecule has 0 bridgehead atoms. The van der Waals surface area contributed by atoms with Crippen molar-refractivity contribution in [3.8, 4) is 0 Å². The van der Waals surface area contributed by atoms with Crippen LogP contribution in [0.4, 0.5) is 4.39 Å². The van der Waals surface area contributed by atoms with E-state index in [9.17, 15) is 9.50 Å². The molecule has 0 aliphatic heterocycles. The third-order valence-corrected chi connectivity index (χ3v) is 2.00. The van der Waals surface area contributed by atoms with Crippen LogP contribution in [-0.2, 0) is 0 Å². The lowest BCUT2D eigenvalue weighted by Crippen LogP contribution is -2.30. The van der Waals surface area contributed by atoms with Crippen LogP contribution in [0.3, 0.4) is 0 Å². The van der Waals surface area contributed by atoms with Crippen molar-refractivity contribution in [3.63, 3.8) is 0 Å². The van der Waals surface area contributed by atoms with Crippen molar-refractivity contribution in [1.29, 1.82) is 0 Å². The van der Waals surface area contributed by atoms with Gasteiger partial charge in [0.1, 0.15) is 6.67 Å². The number of hydrogen-bond donors (Lipinski definition) is 2. The van der Waals surface area contributed by atoms with Crippen molar-refractivity contribution in [1.82, 2.24) is 0 Å². The van der Waals surface area contributed by atoms with E-state index in [0.29, 0.717) is 5.56 Å². The van der Waals surface area contributed by atoms with Crippen molar-refractivity contribution in [2.24, 2.45) is 5.73 Å². The number of aliphatic hydroxyl groups excluding tert-OH is 1. The molecule has 0 aliphatic carbocycles. The molecule has 3 N–H and O–H groups in total. The maximum absolute atomic E-state index is 12.1. The van der Waals surface area contributed by atoms with Gasteiger partial charge in [-0.05, 0) is 12.5 Å². The lowest BCUT2D eigenvalue weighted by atomic mass is 10.0. The fourth-order valence-corrected chi connectivity index (χ4v) is 1.10. The van der Waals surface area contributed by atoms with E-state index in [0.717, 1.165) is 5.56 Å². The Morgan fingerprint density at radius 2 is 1.92 bits per heavy atom. The van der Waals surface area contributed by atoms with Gasteiger partial charge in [-0.2, -0.15) is 0 Å². The summed E-state index contributed by atoms with van der Waals surface area (Å²) < 4.78 is 12.1. The van der Waals surface area contributed by atoms with E-state index in [2.05, 4.69) is 0 Å². The van der Waals surface area contributed by atoms with Gasteiger partial charge in [0.15, 0.2) is 0 Å². The van der Waals surface area contributed by atoms with Gasteiger partial charge in [-0.3, -0.25) is 0 Å². The van der Waals surface area contributed by atoms with Crippen LogP contribution in [0, 0.1) is 6.92 Å². The Hall–Kier alpha value is -0.930. The van der Waals surface area contributed by atoms with Crippen molar-refractivity contribution in [2.75, 3.05) is 6.67 Å². The molecule has 0 saturated heterocycles. The van der Waals surface area contributed by atoms with Gasteiger partial charge in [0.05, 0.1) is 12.1 Å². The highest BCUT2D eigenvalue weighted by atomic mass is 19.1. The fraction of sp³-hybridized carbons (Fsp3) is 0.400. The Balaban J connectivity index is 2.77. The van der Waals surface area contributed by atoms with Gasteiger partial charge in [-0.25, -0.2) is 4.39 Å². The number of aryl methyl sites for hydroxylation is 1. The first-order valence-electron chi connectivity index (χ1n) is 4.21. The van der Waals surface area contributed by atoms with Crippen LogP contribution in [0.25, 0.3) is 0 Å². The number of hydrogen-bond acceptors (Lipinski definition) is 2. The molecule has 1 aromatic rings. The Morgan fingerprint density at radius 1 is 1.38 bits per heavy atom. The molecular formula is C10H14FNO. The average molecular weight is 183 g/mol. The van der Waals surface area contributed by atoms with E-state index in [-0.39, 0.29) is 0 Å². The largest absolute Gasteiger partial charge is 0.387 e. The van der Waals surface area contributed by atoms with Crippen LogP contribution in [0.1, 0.15) is 17.2 Å². The van der Waals surface area contributed by atoms with Gasteiger partial charge in [0, 0.05) is 0 Å². The van der Waals surface area contributed by atoms with Crippen LogP contribution in [-0.4, -0.2) is 17.8 Å². The van der Waals surface area contributed by atoms with Gasteiger partial charge in [0.25, 0.3) is 0 Å². The van der Waals surface area contributed by atoms with E-state index in [1.165, 1.54) is 0 Å². The zero-order chi connectivity index (χ0) is 9.84. The zero-order valence-corrected chi connectivity index (χ0v) is 7.57. The smallest absolute Gasteiger partial charge is 0.107 e. The van der Waals surface area contributed by atoms with E-state index in [1.807, 2.05) is 19.1 Å². The molecular weight excluding hydrogens is 169 g/mol. The first-order chi connectivity index (χ1) is 6.15. The summed E-state index contributed by atoms with van der Waals surface area (Å²) >= 11 is 0. The second-order valence-electron chi connectivity index (χ2n) is 3.17. The third-order valence-electron chi connectivity index (χ3n) is 2.00. The van der Waals surface area contributed by atoms with Crippen LogP contribution in [0.5, 0.6) is 0 Å². The van der Waals surface area contributed by atoms with Crippen molar-refractivity contribution in [3.05, 3.63) is 35.4 Å². The summed E-state index contributed by atoms with van der Waals surface area (Å²) in [6, 6.07) is 6.42. The second-order valence-corrected chi connectivity index (χ2v) is 3.17. The van der Waals surface area contributed by atoms with Crippen LogP contribution >= 0.6 is 0 Å². The van der Waals surface area contributed by atoms with Crippen LogP contribution < -0.4 is 5.73 Å². The minimum atomic E-state index is -0.911. The molecule has 0 fully saturated rings. The van der Waals surface area contributed by atoms with E-state index >= 15 is 0 Å². The summed E-state index contributed by atoms with van der Waals surface area (Å²) in [6.07, 6.45) is -0.911. The fourth-order valence-electron chi connectivity index (χ4n) is 1.10. The highest BCUT2D eigenvalue weighted by Gasteiger charge is 2.15. The molecule has 2 atom stereocenters. The zero-order valence-electron chi connectivity index (χ0n) is 7.57. The molecule has 0 radical (unpaired) electrons. The molecule has 13 heavy (non-hydrogen) atoms. The van der Waals surface area contributed by atoms with Crippen LogP contribution in [0.15, 0.2) is 24.3 Å². The number of nitrogens with two attached hydrogens (primary N) is 1. The maximum Gasteiger partial charge on any atom is 0.107 e. The average Bonchev–Trinajstić information content (AvgIpc) is 2.17. The molecule has 0 spiro atoms. The molecule has 0 saturated carbocycles. The predicted molar refractivity (Wildman–Crippen MR) is 50.1 cm³/mol. The van der Waals surface area contributed by atoms with Crippen molar-refractivity contribution < 1.29 is 9.50 Å². The molecule has 1 aromatic carbocycles. The monoisotopic (exact) mass is 183 g/mol. The minimum Gasteiger partial charge on any atom is -0.387 e. The van der Waals surface area contributed by atoms with E-state index < -0.39 is 18.8 Å². The normalized spacial score (nSPS) is 15.4. The first kappa shape index (κ1) is 10.2. The molecule has 1 rings (SSSR count). The molecule has 0 amide bonds. The molecule has 2 unspecified atom stereocenters. The SMILES string of the molecule is Cc1ccc(C(O)C(N)CF)cc1. The number of halogens is 1. The summed E-state index contributed by atoms with van der Waals surface area (Å²) in [5, 5.41) is 9.51. The maximum atomic E-state index is 12.1. The Labute approximate surface area is 77.2 Å². The van der Waals surface area contributed by atoms with Gasteiger partial charge < -0.3 is 10.8 Å². The van der Waals surface area contributed by atoms with Crippen molar-refractivity contribution >= 4 is 0 Å². The molecule has 2 nitrogen and oxygen atoms in total. The second kappa shape index (κ2) is 4.35. The third kappa shape index (κ3) is 2.50. The molecule has 72 valence electrons. The quantitative estimate of drug-likeness (QED) is 0.742. The summed E-state index contributed by atoms with van der Waals surface area (Å²) in [6.45, 7) is 1.24. The predicted octanol–water partition coefficient (Wildman–Crippen LogP) is 1.33. The topological polar surface area (TPSA) is 46.2 Å². The Morgan fingerprint density at radius 3 is 2.38 bits per heavy atom. The molecule has 0 aliphatic rings. The summed E-state index contributed by atoms with van der Waals surface area (Å²) in [7, 11) is 0. The number of benzene rings is 1. The van der Waals surface area contributed by atoms with Gasteiger partial charge in [-0.1, -0.05) is 29.8 Å². The van der Waals surface area contributed by atoms with E-state index in [4.69, 9.17) is 5.73 Å². The molecule has 0 heterocycles. The first-order valence-corrected chi connectivity index (χ1v) is 4.21. The number of aliphatic hydroxyl groups is 1. The van der Waals surface area contributed by atoms with Gasteiger partial charge in [0.2, 0.25) is 0 Å². The Bertz CT molecular complexity index is 260. The summed E-state index contributed by atoms with van der Waals surface area (Å²) in [5.41, 5.74) is 7.13. The van der Waals surface area contributed by atoms with Crippen LogP contribution in [0.2, 0.25) is 0 Å². The van der Waals surface area contributed by atoms with E-state index in [1.54, 1.807) is 12.1 Å². The molecule has 3 heteroatoms.